The lowest BCUT2D eigenvalue weighted by atomic mass is 9.96. The van der Waals surface area contributed by atoms with Gasteiger partial charge in [0.15, 0.2) is 0 Å². The molecular weight excluding hydrogens is 431 g/mol. The number of piperidine rings is 1. The van der Waals surface area contributed by atoms with E-state index in [9.17, 15) is 13.2 Å². The van der Waals surface area contributed by atoms with E-state index in [2.05, 4.69) is 0 Å². The molecule has 2 aromatic carbocycles. The van der Waals surface area contributed by atoms with Crippen LogP contribution in [0, 0.1) is 5.92 Å². The monoisotopic (exact) mass is 454 g/mol. The highest BCUT2D eigenvalue weighted by Crippen LogP contribution is 2.27. The molecule has 1 saturated heterocycles. The molecule has 156 valence electrons. The third kappa shape index (κ3) is 5.72. The predicted octanol–water partition coefficient (Wildman–Crippen LogP) is 4.19. The first-order valence-electron chi connectivity index (χ1n) is 9.47. The number of amides is 1. The smallest absolute Gasteiger partial charge is 0.225 e. The largest absolute Gasteiger partial charge is 0.341 e. The fraction of sp³-hybridized carbons (Fsp3) is 0.381. The molecule has 1 aliphatic heterocycles. The second-order valence-electron chi connectivity index (χ2n) is 7.35. The summed E-state index contributed by atoms with van der Waals surface area (Å²) in [5, 5.41) is 0.809. The van der Waals surface area contributed by atoms with Gasteiger partial charge in [-0.05, 0) is 36.1 Å². The lowest BCUT2D eigenvalue weighted by Gasteiger charge is -2.32. The van der Waals surface area contributed by atoms with Crippen LogP contribution in [0.2, 0.25) is 10.0 Å². The molecule has 0 atom stereocenters. The molecule has 29 heavy (non-hydrogen) atoms. The molecule has 0 spiro atoms. The lowest BCUT2D eigenvalue weighted by Crippen LogP contribution is -2.43. The van der Waals surface area contributed by atoms with Gasteiger partial charge in [0, 0.05) is 42.6 Å². The average molecular weight is 455 g/mol. The average Bonchev–Trinajstić information content (AvgIpc) is 2.70. The molecule has 0 aromatic heterocycles. The first-order valence-corrected chi connectivity index (χ1v) is 11.8. The van der Waals surface area contributed by atoms with E-state index in [1.54, 1.807) is 30.1 Å². The highest BCUT2D eigenvalue weighted by Gasteiger charge is 2.32. The zero-order chi connectivity index (χ0) is 21.0. The van der Waals surface area contributed by atoms with Crippen molar-refractivity contribution in [3.8, 4) is 0 Å². The van der Waals surface area contributed by atoms with E-state index < -0.39 is 10.0 Å². The molecule has 0 N–H and O–H groups in total. The summed E-state index contributed by atoms with van der Waals surface area (Å²) in [5.41, 5.74) is 1.60. The summed E-state index contributed by atoms with van der Waals surface area (Å²) in [6, 6.07) is 14.6. The Morgan fingerprint density at radius 3 is 2.38 bits per heavy atom. The van der Waals surface area contributed by atoms with E-state index in [0.29, 0.717) is 48.1 Å². The molecule has 5 nitrogen and oxygen atoms in total. The van der Waals surface area contributed by atoms with Crippen molar-refractivity contribution in [3.05, 3.63) is 69.7 Å². The van der Waals surface area contributed by atoms with Gasteiger partial charge >= 0.3 is 0 Å². The molecular formula is C21H24Cl2N2O3S. The van der Waals surface area contributed by atoms with Crippen LogP contribution in [0.25, 0.3) is 0 Å². The van der Waals surface area contributed by atoms with Gasteiger partial charge in [-0.15, -0.1) is 0 Å². The highest BCUT2D eigenvalue weighted by molar-refractivity contribution is 7.88. The molecule has 0 aliphatic carbocycles. The Bertz CT molecular complexity index is 959. The maximum Gasteiger partial charge on any atom is 0.225 e. The van der Waals surface area contributed by atoms with Gasteiger partial charge in [0.2, 0.25) is 15.9 Å². The molecule has 1 heterocycles. The molecule has 0 bridgehead atoms. The molecule has 1 amide bonds. The van der Waals surface area contributed by atoms with Crippen LogP contribution >= 0.6 is 23.2 Å². The van der Waals surface area contributed by atoms with E-state index in [0.717, 1.165) is 5.56 Å². The highest BCUT2D eigenvalue weighted by atomic mass is 35.5. The van der Waals surface area contributed by atoms with Crippen molar-refractivity contribution >= 4 is 39.1 Å². The zero-order valence-corrected chi connectivity index (χ0v) is 18.6. The van der Waals surface area contributed by atoms with Gasteiger partial charge in [-0.25, -0.2) is 12.7 Å². The molecule has 0 radical (unpaired) electrons. The normalized spacial score (nSPS) is 16.0. The fourth-order valence-corrected chi connectivity index (χ4v) is 5.70. The Hall–Kier alpha value is -1.60. The Labute approximate surface area is 182 Å². The number of sulfonamides is 1. The maximum atomic E-state index is 12.8. The predicted molar refractivity (Wildman–Crippen MR) is 116 cm³/mol. The Morgan fingerprint density at radius 1 is 1.10 bits per heavy atom. The molecule has 0 unspecified atom stereocenters. The van der Waals surface area contributed by atoms with Gasteiger partial charge in [0.05, 0.1) is 5.75 Å². The van der Waals surface area contributed by atoms with E-state index >= 15 is 0 Å². The lowest BCUT2D eigenvalue weighted by molar-refractivity contribution is -0.135. The number of nitrogens with zero attached hydrogens (tertiary/aromatic N) is 2. The van der Waals surface area contributed by atoms with E-state index in [4.69, 9.17) is 23.2 Å². The van der Waals surface area contributed by atoms with Crippen molar-refractivity contribution in [3.63, 3.8) is 0 Å². The standard InChI is InChI=1S/C21H24Cl2N2O3S/c1-24(14-16-5-3-2-4-6-16)21(26)17-9-11-25(12-10-17)29(27,28)15-18-7-8-19(22)13-20(18)23/h2-8,13,17H,9-12,14-15H2,1H3. The van der Waals surface area contributed by atoms with Gasteiger partial charge in [-0.2, -0.15) is 0 Å². The number of benzene rings is 2. The summed E-state index contributed by atoms with van der Waals surface area (Å²) in [5.74, 6) is -0.267. The molecule has 1 fully saturated rings. The number of carbonyl (C=O) groups is 1. The van der Waals surface area contributed by atoms with Crippen molar-refractivity contribution < 1.29 is 13.2 Å². The van der Waals surface area contributed by atoms with Gasteiger partial charge in [0.1, 0.15) is 0 Å². The SMILES string of the molecule is CN(Cc1ccccc1)C(=O)C1CCN(S(=O)(=O)Cc2ccc(Cl)cc2Cl)CC1. The van der Waals surface area contributed by atoms with Crippen LogP contribution in [0.1, 0.15) is 24.0 Å². The second kappa shape index (κ2) is 9.47. The summed E-state index contributed by atoms with van der Waals surface area (Å²) in [4.78, 5) is 14.5. The summed E-state index contributed by atoms with van der Waals surface area (Å²) in [7, 11) is -1.72. The minimum atomic E-state index is -3.51. The Morgan fingerprint density at radius 2 is 1.76 bits per heavy atom. The van der Waals surface area contributed by atoms with Crippen LogP contribution in [0.4, 0.5) is 0 Å². The third-order valence-electron chi connectivity index (χ3n) is 5.19. The quantitative estimate of drug-likeness (QED) is 0.656. The molecule has 8 heteroatoms. The molecule has 0 saturated carbocycles. The minimum absolute atomic E-state index is 0.0617. The number of carbonyl (C=O) groups excluding carboxylic acids is 1. The number of rotatable bonds is 6. The van der Waals surface area contributed by atoms with Gasteiger partial charge in [-0.3, -0.25) is 4.79 Å². The summed E-state index contributed by atoms with van der Waals surface area (Å²) < 4.78 is 27.0. The fourth-order valence-electron chi connectivity index (χ4n) is 3.55. The van der Waals surface area contributed by atoms with E-state index in [-0.39, 0.29) is 17.6 Å². The molecule has 1 aliphatic rings. The number of hydrogen-bond acceptors (Lipinski definition) is 3. The zero-order valence-electron chi connectivity index (χ0n) is 16.2. The van der Waals surface area contributed by atoms with Crippen LogP contribution in [-0.4, -0.2) is 43.7 Å². The topological polar surface area (TPSA) is 57.7 Å². The van der Waals surface area contributed by atoms with Crippen LogP contribution < -0.4 is 0 Å². The second-order valence-corrected chi connectivity index (χ2v) is 10.2. The minimum Gasteiger partial charge on any atom is -0.341 e. The molecule has 2 aromatic rings. The van der Waals surface area contributed by atoms with E-state index in [1.165, 1.54) is 4.31 Å². The number of halogens is 2. The van der Waals surface area contributed by atoms with Gasteiger partial charge in [0.25, 0.3) is 0 Å². The Kier molecular flexibility index (Phi) is 7.22. The first-order chi connectivity index (χ1) is 13.8. The van der Waals surface area contributed by atoms with Crippen LogP contribution in [0.5, 0.6) is 0 Å². The number of hydrogen-bond donors (Lipinski definition) is 0. The van der Waals surface area contributed by atoms with Gasteiger partial charge < -0.3 is 4.90 Å². The summed E-state index contributed by atoms with van der Waals surface area (Å²) in [6.45, 7) is 1.22. The van der Waals surface area contributed by atoms with Gasteiger partial charge in [-0.1, -0.05) is 59.6 Å². The van der Waals surface area contributed by atoms with Crippen molar-refractivity contribution in [1.82, 2.24) is 9.21 Å². The summed E-state index contributed by atoms with van der Waals surface area (Å²) >= 11 is 12.0. The van der Waals surface area contributed by atoms with Crippen LogP contribution in [0.3, 0.4) is 0 Å². The van der Waals surface area contributed by atoms with Crippen molar-refractivity contribution in [2.24, 2.45) is 5.92 Å². The van der Waals surface area contributed by atoms with Crippen LogP contribution in [-0.2, 0) is 27.1 Å². The maximum absolute atomic E-state index is 12.8. The third-order valence-corrected chi connectivity index (χ3v) is 7.60. The van der Waals surface area contributed by atoms with Crippen molar-refractivity contribution in [2.45, 2.75) is 25.1 Å². The van der Waals surface area contributed by atoms with E-state index in [1.807, 2.05) is 30.3 Å². The Balaban J connectivity index is 1.57. The summed E-state index contributed by atoms with van der Waals surface area (Å²) in [6.07, 6.45) is 1.04. The first kappa shape index (κ1) is 22.1. The van der Waals surface area contributed by atoms with Crippen LogP contribution in [0.15, 0.2) is 48.5 Å². The van der Waals surface area contributed by atoms with Crippen molar-refractivity contribution in [2.75, 3.05) is 20.1 Å². The molecule has 3 rings (SSSR count). The van der Waals surface area contributed by atoms with Crippen molar-refractivity contribution in [1.29, 1.82) is 0 Å².